The molecule has 0 aliphatic heterocycles. The average molecular weight is 194 g/mol. The van der Waals surface area contributed by atoms with Crippen molar-refractivity contribution in [1.29, 1.82) is 0 Å². The number of amides is 2. The Kier molecular flexibility index (Phi) is 7.79. The van der Waals surface area contributed by atoms with E-state index in [4.69, 9.17) is 25.2 Å². The minimum absolute atomic E-state index is 0.137. The molecule has 13 heavy (non-hydrogen) atoms. The molecule has 78 valence electrons. The Morgan fingerprint density at radius 1 is 1.31 bits per heavy atom. The Balaban J connectivity index is 0. The Labute approximate surface area is 74.9 Å². The number of hydrogen-bond acceptors (Lipinski definition) is 5. The molecule has 0 unspecified atom stereocenters. The number of nitrogens with two attached hydrogens (primary N) is 2. The standard InChI is InChI=1S/C5H10O4.CH4N2O/c1-3(5(8)9)2-4(6)7;2-1(3)4/h4,6-9H,2H2,1H3;(H4,2,3,4). The van der Waals surface area contributed by atoms with Gasteiger partial charge in [0.05, 0.1) is 0 Å². The van der Waals surface area contributed by atoms with Crippen molar-refractivity contribution in [3.63, 3.8) is 0 Å². The van der Waals surface area contributed by atoms with Crippen LogP contribution < -0.4 is 11.5 Å². The molecule has 0 heterocycles. The molecule has 0 aliphatic rings. The van der Waals surface area contributed by atoms with Crippen LogP contribution in [0.25, 0.3) is 0 Å². The van der Waals surface area contributed by atoms with Crippen molar-refractivity contribution in [3.05, 3.63) is 11.5 Å². The summed E-state index contributed by atoms with van der Waals surface area (Å²) in [4.78, 5) is 9.00. The van der Waals surface area contributed by atoms with Gasteiger partial charge in [-0.2, -0.15) is 0 Å². The lowest BCUT2D eigenvalue weighted by molar-refractivity contribution is -0.0397. The van der Waals surface area contributed by atoms with Crippen LogP contribution in [-0.2, 0) is 0 Å². The first-order valence-electron chi connectivity index (χ1n) is 3.26. The molecule has 0 spiro atoms. The number of carbonyl (C=O) groups is 1. The van der Waals surface area contributed by atoms with Crippen molar-refractivity contribution in [3.8, 4) is 0 Å². The molecule has 0 aliphatic carbocycles. The van der Waals surface area contributed by atoms with Crippen LogP contribution in [0.4, 0.5) is 4.79 Å². The lowest BCUT2D eigenvalue weighted by Crippen LogP contribution is -2.18. The monoisotopic (exact) mass is 194 g/mol. The lowest BCUT2D eigenvalue weighted by atomic mass is 10.2. The van der Waals surface area contributed by atoms with Gasteiger partial charge in [0.15, 0.2) is 6.29 Å². The van der Waals surface area contributed by atoms with E-state index in [1.165, 1.54) is 6.92 Å². The number of aliphatic hydroxyl groups is 4. The first-order valence-corrected chi connectivity index (χ1v) is 3.26. The summed E-state index contributed by atoms with van der Waals surface area (Å²) in [6.07, 6.45) is -1.65. The fraction of sp³-hybridized carbons (Fsp3) is 0.500. The van der Waals surface area contributed by atoms with Crippen LogP contribution in [0.5, 0.6) is 0 Å². The molecule has 0 aromatic rings. The number of primary amides is 2. The minimum atomic E-state index is -1.51. The molecule has 7 heteroatoms. The summed E-state index contributed by atoms with van der Waals surface area (Å²) in [6, 6.07) is -0.833. The number of aliphatic hydroxyl groups excluding tert-OH is 2. The van der Waals surface area contributed by atoms with Gasteiger partial charge in [-0.1, -0.05) is 0 Å². The Bertz CT molecular complexity index is 181. The Morgan fingerprint density at radius 2 is 1.62 bits per heavy atom. The van der Waals surface area contributed by atoms with Gasteiger partial charge in [-0.25, -0.2) is 4.79 Å². The third kappa shape index (κ3) is 18.0. The highest BCUT2D eigenvalue weighted by Gasteiger charge is 2.02. The molecule has 0 aromatic carbocycles. The van der Waals surface area contributed by atoms with Crippen LogP contribution in [0.3, 0.4) is 0 Å². The molecule has 0 rings (SSSR count). The number of urea groups is 1. The zero-order chi connectivity index (χ0) is 11.0. The number of rotatable bonds is 2. The van der Waals surface area contributed by atoms with Gasteiger partial charge in [-0.3, -0.25) is 0 Å². The molecule has 0 saturated heterocycles. The predicted octanol–water partition coefficient (Wildman–Crippen LogP) is -0.941. The van der Waals surface area contributed by atoms with Gasteiger partial charge in [0.1, 0.15) is 0 Å². The smallest absolute Gasteiger partial charge is 0.309 e. The zero-order valence-corrected chi connectivity index (χ0v) is 7.14. The highest BCUT2D eigenvalue weighted by molar-refractivity contribution is 5.69. The number of hydrogen-bond donors (Lipinski definition) is 6. The average Bonchev–Trinajstić information content (AvgIpc) is 1.83. The van der Waals surface area contributed by atoms with Gasteiger partial charge in [0.25, 0.3) is 5.95 Å². The molecule has 8 N–H and O–H groups in total. The maximum Gasteiger partial charge on any atom is 0.309 e. The van der Waals surface area contributed by atoms with Crippen LogP contribution in [-0.4, -0.2) is 32.7 Å². The summed E-state index contributed by atoms with van der Waals surface area (Å²) >= 11 is 0. The molecule has 0 radical (unpaired) electrons. The van der Waals surface area contributed by atoms with Crippen molar-refractivity contribution >= 4 is 6.03 Å². The molecule has 0 atom stereocenters. The molecule has 0 saturated carbocycles. The molecule has 2 amide bonds. The van der Waals surface area contributed by atoms with E-state index in [1.54, 1.807) is 0 Å². The largest absolute Gasteiger partial charge is 0.481 e. The summed E-state index contributed by atoms with van der Waals surface area (Å²) in [7, 11) is 0. The van der Waals surface area contributed by atoms with Crippen LogP contribution in [0.15, 0.2) is 11.5 Å². The first kappa shape index (κ1) is 14.1. The molecule has 0 aromatic heterocycles. The highest BCUT2D eigenvalue weighted by atomic mass is 16.5. The molecule has 0 fully saturated rings. The summed E-state index contributed by atoms with van der Waals surface area (Å²) in [5.41, 5.74) is 8.66. The quantitative estimate of drug-likeness (QED) is 0.247. The molecular formula is C6H14N2O5. The van der Waals surface area contributed by atoms with Gasteiger partial charge in [-0.15, -0.1) is 0 Å². The van der Waals surface area contributed by atoms with Crippen LogP contribution in [0.1, 0.15) is 13.3 Å². The van der Waals surface area contributed by atoms with Gasteiger partial charge in [0.2, 0.25) is 0 Å². The van der Waals surface area contributed by atoms with Crippen molar-refractivity contribution < 1.29 is 25.2 Å². The summed E-state index contributed by atoms with van der Waals surface area (Å²) in [6.45, 7) is 1.40. The summed E-state index contributed by atoms with van der Waals surface area (Å²) < 4.78 is 0. The van der Waals surface area contributed by atoms with Crippen molar-refractivity contribution in [2.75, 3.05) is 0 Å². The predicted molar refractivity (Wildman–Crippen MR) is 44.6 cm³/mol. The topological polar surface area (TPSA) is 150 Å². The van der Waals surface area contributed by atoms with Gasteiger partial charge < -0.3 is 31.9 Å². The third-order valence-corrected chi connectivity index (χ3v) is 0.870. The van der Waals surface area contributed by atoms with Gasteiger partial charge in [0, 0.05) is 12.0 Å². The van der Waals surface area contributed by atoms with Crippen molar-refractivity contribution in [2.24, 2.45) is 11.5 Å². The molecular weight excluding hydrogens is 180 g/mol. The third-order valence-electron chi connectivity index (χ3n) is 0.870. The van der Waals surface area contributed by atoms with Crippen molar-refractivity contribution in [2.45, 2.75) is 19.6 Å². The molecule has 0 bridgehead atoms. The Morgan fingerprint density at radius 3 is 1.69 bits per heavy atom. The highest BCUT2D eigenvalue weighted by Crippen LogP contribution is 2.04. The SMILES string of the molecule is CC(CC(O)O)=C(O)O.NC(N)=O. The number of carbonyl (C=O) groups excluding carboxylic acids is 1. The van der Waals surface area contributed by atoms with E-state index in [9.17, 15) is 0 Å². The van der Waals surface area contributed by atoms with E-state index in [0.717, 1.165) is 0 Å². The maximum absolute atomic E-state index is 9.00. The second kappa shape index (κ2) is 7.19. The van der Waals surface area contributed by atoms with E-state index in [1.807, 2.05) is 0 Å². The van der Waals surface area contributed by atoms with E-state index < -0.39 is 18.3 Å². The lowest BCUT2D eigenvalue weighted by Gasteiger charge is -2.01. The summed E-state index contributed by atoms with van der Waals surface area (Å²) in [5, 5.41) is 33.1. The van der Waals surface area contributed by atoms with Gasteiger partial charge in [-0.05, 0) is 6.92 Å². The second-order valence-corrected chi connectivity index (χ2v) is 2.19. The van der Waals surface area contributed by atoms with Crippen LogP contribution >= 0.6 is 0 Å². The first-order chi connectivity index (χ1) is 5.77. The Hall–Kier alpha value is -1.47. The second-order valence-electron chi connectivity index (χ2n) is 2.19. The maximum atomic E-state index is 9.00. The normalized spacial score (nSPS) is 8.62. The van der Waals surface area contributed by atoms with Gasteiger partial charge >= 0.3 is 6.03 Å². The van der Waals surface area contributed by atoms with E-state index in [2.05, 4.69) is 11.5 Å². The van der Waals surface area contributed by atoms with E-state index in [0.29, 0.717) is 0 Å². The zero-order valence-electron chi connectivity index (χ0n) is 7.14. The fourth-order valence-corrected chi connectivity index (χ4v) is 0.365. The molecule has 7 nitrogen and oxygen atoms in total. The van der Waals surface area contributed by atoms with Crippen molar-refractivity contribution in [1.82, 2.24) is 0 Å². The van der Waals surface area contributed by atoms with E-state index in [-0.39, 0.29) is 12.0 Å². The van der Waals surface area contributed by atoms with Crippen LogP contribution in [0.2, 0.25) is 0 Å². The fourth-order valence-electron chi connectivity index (χ4n) is 0.365. The van der Waals surface area contributed by atoms with Crippen LogP contribution in [0, 0.1) is 0 Å². The van der Waals surface area contributed by atoms with E-state index >= 15 is 0 Å². The summed E-state index contributed by atoms with van der Waals surface area (Å²) in [5.74, 6) is -0.844. The minimum Gasteiger partial charge on any atom is -0.481 e.